The average molecular weight is 344 g/mol. The Morgan fingerprint density at radius 3 is 2.52 bits per heavy atom. The first-order valence-corrected chi connectivity index (χ1v) is 9.40. The number of nitrogens with one attached hydrogen (secondary N) is 1. The number of unbranched alkanes of at least 4 members (excludes halogenated alkanes) is 4. The monoisotopic (exact) mass is 344 g/mol. The van der Waals surface area contributed by atoms with Gasteiger partial charge in [0.2, 0.25) is 11.8 Å². The molecule has 0 saturated heterocycles. The molecule has 0 unspecified atom stereocenters. The van der Waals surface area contributed by atoms with Crippen molar-refractivity contribution in [2.24, 2.45) is 5.73 Å². The molecule has 4 nitrogen and oxygen atoms in total. The summed E-state index contributed by atoms with van der Waals surface area (Å²) in [6, 6.07) is 9.92. The third-order valence-electron chi connectivity index (χ3n) is 4.09. The molecule has 0 radical (unpaired) electrons. The number of carbonyl (C=O) groups excluding carboxylic acids is 2. The first-order chi connectivity index (χ1) is 12.1. The maximum Gasteiger partial charge on any atom is 0.220 e. The van der Waals surface area contributed by atoms with Gasteiger partial charge < -0.3 is 11.1 Å². The minimum absolute atomic E-state index is 0.00421. The number of aryl methyl sites for hydroxylation is 1. The Morgan fingerprint density at radius 1 is 1.12 bits per heavy atom. The second-order valence-electron chi connectivity index (χ2n) is 6.46. The smallest absolute Gasteiger partial charge is 0.220 e. The van der Waals surface area contributed by atoms with E-state index in [1.807, 2.05) is 30.4 Å². The van der Waals surface area contributed by atoms with E-state index in [1.165, 1.54) is 24.8 Å². The molecule has 0 bridgehead atoms. The van der Waals surface area contributed by atoms with Crippen molar-refractivity contribution in [3.8, 4) is 0 Å². The van der Waals surface area contributed by atoms with E-state index in [0.717, 1.165) is 25.7 Å². The van der Waals surface area contributed by atoms with E-state index in [9.17, 15) is 9.59 Å². The lowest BCUT2D eigenvalue weighted by Crippen LogP contribution is -2.36. The van der Waals surface area contributed by atoms with Crippen molar-refractivity contribution < 1.29 is 9.59 Å². The summed E-state index contributed by atoms with van der Waals surface area (Å²) in [6.07, 6.45) is 11.9. The van der Waals surface area contributed by atoms with Gasteiger partial charge in [0, 0.05) is 6.42 Å². The highest BCUT2D eigenvalue weighted by Gasteiger charge is 2.11. The van der Waals surface area contributed by atoms with Crippen LogP contribution in [0.3, 0.4) is 0 Å². The third-order valence-corrected chi connectivity index (χ3v) is 4.09. The largest absolute Gasteiger partial charge is 0.370 e. The highest BCUT2D eigenvalue weighted by Crippen LogP contribution is 2.06. The normalized spacial score (nSPS) is 12.2. The number of allylic oxidation sites excluding steroid dienone is 1. The van der Waals surface area contributed by atoms with Crippen LogP contribution < -0.4 is 11.1 Å². The molecular formula is C21H32N2O2. The van der Waals surface area contributed by atoms with E-state index in [4.69, 9.17) is 5.73 Å². The van der Waals surface area contributed by atoms with Crippen LogP contribution in [0.25, 0.3) is 0 Å². The molecule has 0 aliphatic carbocycles. The minimum atomic E-state index is -0.402. The van der Waals surface area contributed by atoms with E-state index in [-0.39, 0.29) is 18.4 Å². The van der Waals surface area contributed by atoms with Crippen LogP contribution in [-0.2, 0) is 16.0 Å². The van der Waals surface area contributed by atoms with Gasteiger partial charge in [0.15, 0.2) is 0 Å². The van der Waals surface area contributed by atoms with Crippen LogP contribution in [0.4, 0.5) is 0 Å². The standard InChI is InChI=1S/C21H32N2O2/c1-2-3-4-5-9-16-21(25)23-19(17-20(22)24)15-11-10-14-18-12-7-6-8-13-18/h6-8,11-13,15,19H,2-5,9-10,14,16-17H2,1H3,(H2,22,24)(H,23,25)/b15-11-/t19-/m0/s1. The van der Waals surface area contributed by atoms with Crippen molar-refractivity contribution in [2.45, 2.75) is 70.8 Å². The molecule has 4 heteroatoms. The van der Waals surface area contributed by atoms with E-state index in [2.05, 4.69) is 24.4 Å². The zero-order chi connectivity index (χ0) is 18.3. The SMILES string of the molecule is CCCCCCCC(=O)N[C@@H](/C=C\CCc1ccccc1)CC(N)=O. The molecule has 0 spiro atoms. The summed E-state index contributed by atoms with van der Waals surface area (Å²) in [5, 5.41) is 2.91. The van der Waals surface area contributed by atoms with Crippen LogP contribution in [0, 0.1) is 0 Å². The summed E-state index contributed by atoms with van der Waals surface area (Å²) in [5.41, 5.74) is 6.57. The first-order valence-electron chi connectivity index (χ1n) is 9.40. The van der Waals surface area contributed by atoms with Crippen molar-refractivity contribution in [3.63, 3.8) is 0 Å². The first kappa shape index (κ1) is 20.9. The lowest BCUT2D eigenvalue weighted by molar-refractivity contribution is -0.122. The van der Waals surface area contributed by atoms with Gasteiger partial charge in [-0.3, -0.25) is 9.59 Å². The molecule has 138 valence electrons. The van der Waals surface area contributed by atoms with Gasteiger partial charge in [-0.15, -0.1) is 0 Å². The number of hydrogen-bond acceptors (Lipinski definition) is 2. The number of amides is 2. The van der Waals surface area contributed by atoms with Gasteiger partial charge in [-0.1, -0.05) is 75.1 Å². The van der Waals surface area contributed by atoms with Crippen molar-refractivity contribution in [1.82, 2.24) is 5.32 Å². The predicted octanol–water partition coefficient (Wildman–Crippen LogP) is 3.90. The van der Waals surface area contributed by atoms with E-state index < -0.39 is 5.91 Å². The fraction of sp³-hybridized carbons (Fsp3) is 0.524. The maximum atomic E-state index is 12.0. The molecule has 25 heavy (non-hydrogen) atoms. The molecule has 1 aromatic rings. The van der Waals surface area contributed by atoms with Gasteiger partial charge >= 0.3 is 0 Å². The summed E-state index contributed by atoms with van der Waals surface area (Å²) in [4.78, 5) is 23.2. The summed E-state index contributed by atoms with van der Waals surface area (Å²) in [6.45, 7) is 2.17. The van der Waals surface area contributed by atoms with Crippen LogP contribution in [-0.4, -0.2) is 17.9 Å². The van der Waals surface area contributed by atoms with Crippen LogP contribution >= 0.6 is 0 Å². The quantitative estimate of drug-likeness (QED) is 0.421. The average Bonchev–Trinajstić information content (AvgIpc) is 2.59. The zero-order valence-electron chi connectivity index (χ0n) is 15.4. The van der Waals surface area contributed by atoms with E-state index in [0.29, 0.717) is 6.42 Å². The molecule has 0 saturated carbocycles. The molecule has 2 amide bonds. The Hall–Kier alpha value is -2.10. The number of primary amides is 1. The third kappa shape index (κ3) is 11.1. The maximum absolute atomic E-state index is 12.0. The number of hydrogen-bond donors (Lipinski definition) is 2. The Kier molecular flexibility index (Phi) is 11.1. The molecule has 1 atom stereocenters. The number of rotatable bonds is 13. The van der Waals surface area contributed by atoms with Gasteiger partial charge in [-0.25, -0.2) is 0 Å². The Labute approximate surface area is 151 Å². The Bertz CT molecular complexity index is 526. The number of benzene rings is 1. The van der Waals surface area contributed by atoms with Crippen molar-refractivity contribution in [1.29, 1.82) is 0 Å². The summed E-state index contributed by atoms with van der Waals surface area (Å²) in [5.74, 6) is -0.406. The van der Waals surface area contributed by atoms with Crippen LogP contribution in [0.5, 0.6) is 0 Å². The van der Waals surface area contributed by atoms with E-state index >= 15 is 0 Å². The van der Waals surface area contributed by atoms with Gasteiger partial charge in [-0.2, -0.15) is 0 Å². The molecule has 0 fully saturated rings. The molecule has 3 N–H and O–H groups in total. The topological polar surface area (TPSA) is 72.2 Å². The lowest BCUT2D eigenvalue weighted by Gasteiger charge is -2.13. The fourth-order valence-corrected chi connectivity index (χ4v) is 2.71. The highest BCUT2D eigenvalue weighted by molar-refractivity contribution is 5.79. The molecule has 1 aromatic carbocycles. The van der Waals surface area contributed by atoms with Gasteiger partial charge in [0.25, 0.3) is 0 Å². The zero-order valence-corrected chi connectivity index (χ0v) is 15.4. The summed E-state index contributed by atoms with van der Waals surface area (Å²) in [7, 11) is 0. The predicted molar refractivity (Wildman–Crippen MR) is 103 cm³/mol. The Morgan fingerprint density at radius 2 is 1.84 bits per heavy atom. The second kappa shape index (κ2) is 13.2. The molecule has 1 rings (SSSR count). The van der Waals surface area contributed by atoms with Crippen LogP contribution in [0.1, 0.15) is 63.9 Å². The van der Waals surface area contributed by atoms with Gasteiger partial charge in [0.1, 0.15) is 0 Å². The second-order valence-corrected chi connectivity index (χ2v) is 6.46. The van der Waals surface area contributed by atoms with Crippen LogP contribution in [0.2, 0.25) is 0 Å². The molecule has 0 aliphatic heterocycles. The summed E-state index contributed by atoms with van der Waals surface area (Å²) >= 11 is 0. The van der Waals surface area contributed by atoms with E-state index in [1.54, 1.807) is 0 Å². The lowest BCUT2D eigenvalue weighted by atomic mass is 10.1. The Balaban J connectivity index is 2.35. The minimum Gasteiger partial charge on any atom is -0.370 e. The van der Waals surface area contributed by atoms with Crippen molar-refractivity contribution in [2.75, 3.05) is 0 Å². The molecular weight excluding hydrogens is 312 g/mol. The molecule has 0 heterocycles. The van der Waals surface area contributed by atoms with Crippen molar-refractivity contribution >= 4 is 11.8 Å². The van der Waals surface area contributed by atoms with Crippen molar-refractivity contribution in [3.05, 3.63) is 48.0 Å². The fourth-order valence-electron chi connectivity index (χ4n) is 2.71. The van der Waals surface area contributed by atoms with Gasteiger partial charge in [-0.05, 0) is 24.8 Å². The van der Waals surface area contributed by atoms with Gasteiger partial charge in [0.05, 0.1) is 12.5 Å². The van der Waals surface area contributed by atoms with Crippen LogP contribution in [0.15, 0.2) is 42.5 Å². The molecule has 0 aromatic heterocycles. The highest BCUT2D eigenvalue weighted by atomic mass is 16.2. The molecule has 0 aliphatic rings. The number of carbonyl (C=O) groups is 2. The number of nitrogens with two attached hydrogens (primary N) is 1. The summed E-state index contributed by atoms with van der Waals surface area (Å²) < 4.78 is 0.